The summed E-state index contributed by atoms with van der Waals surface area (Å²) < 4.78 is 5.33. The predicted molar refractivity (Wildman–Crippen MR) is 353 cm³/mol. The SMILES string of the molecule is C/C=C/C[C@@H](C)[C@@H](O)[C@H]1C(=O)N[C@@H](CC)C(=O)N(C)C(SCCOC)C(=O)N(C)[C@@H](CC(C)(C)O)C(=O)N[C@@H](C(C)C)C(=O)N(C)[C@@H](CC(C)C)C(=O)N[C@@H](C)C(=O)N[C@H](C)C(=O)N(C)[C@@H](CC(C)C)C(=O)N(C)[C@@H](CC(C)C)C(=O)N(C)[C@@H](C(C)C)C(=O)N1C. The minimum Gasteiger partial charge on any atom is -0.390 e. The molecule has 1 saturated heterocycles. The van der Waals surface area contributed by atoms with Gasteiger partial charge in [0, 0.05) is 68.6 Å². The molecule has 26 heteroatoms. The van der Waals surface area contributed by atoms with Gasteiger partial charge in [-0.05, 0) is 102 Å². The highest BCUT2D eigenvalue weighted by atomic mass is 32.2. The van der Waals surface area contributed by atoms with Gasteiger partial charge in [-0.1, -0.05) is 95.2 Å². The predicted octanol–water partition coefficient (Wildman–Crippen LogP) is 3.09. The largest absolute Gasteiger partial charge is 0.390 e. The van der Waals surface area contributed by atoms with Crippen LogP contribution in [0.25, 0.3) is 0 Å². The lowest BCUT2D eigenvalue weighted by atomic mass is 9.91. The van der Waals surface area contributed by atoms with Crippen molar-refractivity contribution in [3.63, 3.8) is 0 Å². The molecule has 0 aromatic rings. The van der Waals surface area contributed by atoms with E-state index in [1.165, 1.54) is 104 Å². The molecule has 6 N–H and O–H groups in total. The lowest BCUT2D eigenvalue weighted by Gasteiger charge is -2.41. The fourth-order valence-corrected chi connectivity index (χ4v) is 12.2. The zero-order chi connectivity index (χ0) is 70.6. The summed E-state index contributed by atoms with van der Waals surface area (Å²) in [5.41, 5.74) is -1.59. The summed E-state index contributed by atoms with van der Waals surface area (Å²) in [7, 11) is 11.2. The van der Waals surface area contributed by atoms with Gasteiger partial charge in [-0.3, -0.25) is 52.7 Å². The molecule has 1 unspecified atom stereocenters. The number of amides is 11. The number of nitrogens with one attached hydrogen (secondary N) is 4. The van der Waals surface area contributed by atoms with E-state index in [1.54, 1.807) is 60.6 Å². The third-order valence-electron chi connectivity index (χ3n) is 16.8. The molecule has 1 heterocycles. The van der Waals surface area contributed by atoms with Gasteiger partial charge in [-0.15, -0.1) is 11.8 Å². The average Bonchev–Trinajstić information content (AvgIpc) is 0.830. The number of carbonyl (C=O) groups is 11. The lowest BCUT2D eigenvalue weighted by Crippen LogP contribution is -2.64. The molecule has 91 heavy (non-hydrogen) atoms. The van der Waals surface area contributed by atoms with Crippen molar-refractivity contribution in [2.24, 2.45) is 35.5 Å². The van der Waals surface area contributed by atoms with Gasteiger partial charge in [0.15, 0.2) is 5.37 Å². The molecular formula is C65H117N11O14S. The summed E-state index contributed by atoms with van der Waals surface area (Å²) in [5, 5.41) is 33.1. The number of carbonyl (C=O) groups excluding carboxylic acids is 11. The maximum atomic E-state index is 15.3. The monoisotopic (exact) mass is 1310 g/mol. The Morgan fingerprint density at radius 3 is 1.44 bits per heavy atom. The van der Waals surface area contributed by atoms with Crippen molar-refractivity contribution >= 4 is 76.7 Å². The van der Waals surface area contributed by atoms with Crippen molar-refractivity contribution in [3.8, 4) is 0 Å². The number of aliphatic hydroxyl groups is 2. The Hall–Kier alpha value is -5.86. The first kappa shape index (κ1) is 83.2. The van der Waals surface area contributed by atoms with Crippen molar-refractivity contribution in [2.75, 3.05) is 68.8 Å². The Morgan fingerprint density at radius 1 is 0.527 bits per heavy atom. The van der Waals surface area contributed by atoms with Crippen LogP contribution < -0.4 is 21.3 Å². The van der Waals surface area contributed by atoms with Crippen molar-refractivity contribution in [2.45, 2.75) is 234 Å². The van der Waals surface area contributed by atoms with Gasteiger partial charge in [0.2, 0.25) is 59.1 Å². The van der Waals surface area contributed by atoms with Crippen LogP contribution in [0.2, 0.25) is 0 Å². The summed E-state index contributed by atoms with van der Waals surface area (Å²) in [5.74, 6) is -10.3. The molecule has 11 amide bonds. The highest BCUT2D eigenvalue weighted by Gasteiger charge is 2.47. The molecule has 522 valence electrons. The van der Waals surface area contributed by atoms with Crippen LogP contribution in [0.3, 0.4) is 0 Å². The average molecular weight is 1310 g/mol. The minimum atomic E-state index is -1.67. The highest BCUT2D eigenvalue weighted by molar-refractivity contribution is 8.00. The summed E-state index contributed by atoms with van der Waals surface area (Å²) in [6.07, 6.45) is 2.28. The third kappa shape index (κ3) is 23.9. The number of thioether (sulfide) groups is 1. The summed E-state index contributed by atoms with van der Waals surface area (Å²) >= 11 is 1.00. The molecule has 13 atom stereocenters. The molecule has 0 bridgehead atoms. The van der Waals surface area contributed by atoms with Crippen LogP contribution in [-0.2, 0) is 57.5 Å². The second-order valence-corrected chi connectivity index (χ2v) is 28.6. The van der Waals surface area contributed by atoms with Gasteiger partial charge in [0.25, 0.3) is 5.91 Å². The number of methoxy groups -OCH3 is 1. The van der Waals surface area contributed by atoms with E-state index in [-0.39, 0.29) is 68.6 Å². The van der Waals surface area contributed by atoms with E-state index in [0.29, 0.717) is 0 Å². The molecule has 0 aliphatic carbocycles. The Labute approximate surface area is 548 Å². The second kappa shape index (κ2) is 37.7. The van der Waals surface area contributed by atoms with E-state index in [2.05, 4.69) is 21.3 Å². The quantitative estimate of drug-likeness (QED) is 0.0800. The molecule has 0 radical (unpaired) electrons. The Morgan fingerprint density at radius 2 is 0.978 bits per heavy atom. The number of nitrogens with zero attached hydrogens (tertiary/aromatic N) is 7. The van der Waals surface area contributed by atoms with E-state index in [4.69, 9.17) is 4.74 Å². The first-order valence-electron chi connectivity index (χ1n) is 32.2. The van der Waals surface area contributed by atoms with Crippen molar-refractivity contribution in [1.29, 1.82) is 0 Å². The van der Waals surface area contributed by atoms with Gasteiger partial charge in [-0.25, -0.2) is 0 Å². The first-order chi connectivity index (χ1) is 42.0. The van der Waals surface area contributed by atoms with Gasteiger partial charge in [0.1, 0.15) is 60.4 Å². The van der Waals surface area contributed by atoms with Gasteiger partial charge in [0.05, 0.1) is 18.3 Å². The molecule has 25 nitrogen and oxygen atoms in total. The van der Waals surface area contributed by atoms with E-state index in [0.717, 1.165) is 26.5 Å². The molecule has 1 aliphatic heterocycles. The van der Waals surface area contributed by atoms with Crippen LogP contribution in [0.1, 0.15) is 156 Å². The number of hydrogen-bond acceptors (Lipinski definition) is 15. The van der Waals surface area contributed by atoms with Crippen molar-refractivity contribution < 1.29 is 67.7 Å². The van der Waals surface area contributed by atoms with Crippen LogP contribution in [0.4, 0.5) is 0 Å². The zero-order valence-electron chi connectivity index (χ0n) is 59.5. The summed E-state index contributed by atoms with van der Waals surface area (Å²) in [4.78, 5) is 171. The Kier molecular flexibility index (Phi) is 34.5. The van der Waals surface area contributed by atoms with Gasteiger partial charge < -0.3 is 70.5 Å². The molecule has 0 aromatic carbocycles. The molecule has 0 saturated carbocycles. The van der Waals surface area contributed by atoms with Crippen LogP contribution in [0, 0.1) is 35.5 Å². The van der Waals surface area contributed by atoms with Crippen LogP contribution in [-0.4, -0.2) is 256 Å². The normalized spacial score (nSPS) is 26.9. The van der Waals surface area contributed by atoms with Crippen molar-refractivity contribution in [3.05, 3.63) is 12.2 Å². The fourth-order valence-electron chi connectivity index (χ4n) is 11.1. The highest BCUT2D eigenvalue weighted by Crippen LogP contribution is 2.27. The Balaban J connectivity index is 4.53. The molecular weight excluding hydrogens is 1190 g/mol. The molecule has 1 fully saturated rings. The first-order valence-corrected chi connectivity index (χ1v) is 33.2. The number of allylic oxidation sites excluding steroid dienone is 2. The van der Waals surface area contributed by atoms with E-state index in [1.807, 2.05) is 41.5 Å². The van der Waals surface area contributed by atoms with Crippen molar-refractivity contribution in [1.82, 2.24) is 55.6 Å². The number of ether oxygens (including phenoxy) is 1. The molecule has 1 rings (SSSR count). The maximum absolute atomic E-state index is 15.3. The third-order valence-corrected chi connectivity index (χ3v) is 18.0. The lowest BCUT2D eigenvalue weighted by molar-refractivity contribution is -0.157. The zero-order valence-corrected chi connectivity index (χ0v) is 60.4. The minimum absolute atomic E-state index is 0.0458. The smallest absolute Gasteiger partial charge is 0.256 e. The standard InChI is InChI=1S/C65H117N11O14S/c1-26-28-29-41(13)52(77)51-56(81)68-44(27-2)58(83)76(24)64(91-31-30-90-25)63(88)73(21)48(35-65(16,17)89)55(80)69-49(39(9)10)61(86)70(18)45(32-36(3)4)54(79)66-42(14)53(78)67-43(15)57(82)71(19)46(33-37(5)6)59(84)72(20)47(34-38(7)8)60(85)74(22)50(40(11)12)62(87)75(51)23/h26,28,36-52,64,77,89H,27,29-35H2,1-25H3,(H,66,79)(H,67,78)(H,68,81)(H,69,80)/b28-26+/t41-,42+,43-,44+,45+,46+,47+,48+,49+,50+,51+,52-,64?/m1/s1. The van der Waals surface area contributed by atoms with E-state index in [9.17, 15) is 39.0 Å². The maximum Gasteiger partial charge on any atom is 0.256 e. The second-order valence-electron chi connectivity index (χ2n) is 27.4. The van der Waals surface area contributed by atoms with Gasteiger partial charge in [-0.2, -0.15) is 0 Å². The topological polar surface area (TPSA) is 308 Å². The van der Waals surface area contributed by atoms with Crippen LogP contribution in [0.15, 0.2) is 12.2 Å². The number of rotatable bonds is 19. The number of aliphatic hydroxyl groups excluding tert-OH is 1. The Bertz CT molecular complexity index is 2490. The molecule has 1 aliphatic rings. The van der Waals surface area contributed by atoms with Crippen LogP contribution in [0.5, 0.6) is 0 Å². The van der Waals surface area contributed by atoms with E-state index >= 15 is 24.0 Å². The van der Waals surface area contributed by atoms with E-state index < -0.39 is 160 Å². The summed E-state index contributed by atoms with van der Waals surface area (Å²) in [6.45, 7) is 28.9. The number of hydrogen-bond donors (Lipinski definition) is 6. The fraction of sp³-hybridized carbons (Fsp3) is 0.800. The molecule has 0 spiro atoms. The number of likely N-dealkylation sites (N-methyl/N-ethyl adjacent to an activating group) is 7. The molecule has 0 aromatic heterocycles. The van der Waals surface area contributed by atoms with Crippen LogP contribution >= 0.6 is 11.8 Å². The van der Waals surface area contributed by atoms with Gasteiger partial charge >= 0.3 is 0 Å². The summed E-state index contributed by atoms with van der Waals surface area (Å²) in [6, 6.07) is -13.2.